The van der Waals surface area contributed by atoms with Gasteiger partial charge in [0.2, 0.25) is 0 Å². The number of nitrogens with one attached hydrogen (secondary N) is 2. The minimum absolute atomic E-state index is 0.0619. The quantitative estimate of drug-likeness (QED) is 0.241. The van der Waals surface area contributed by atoms with Gasteiger partial charge >= 0.3 is 5.97 Å². The number of piperidine rings is 1. The van der Waals surface area contributed by atoms with Crippen molar-refractivity contribution in [1.29, 1.82) is 0 Å². The molecule has 5 rings (SSSR count). The van der Waals surface area contributed by atoms with Crippen molar-refractivity contribution >= 4 is 44.9 Å². The van der Waals surface area contributed by atoms with Crippen molar-refractivity contribution < 1.29 is 19.8 Å². The highest BCUT2D eigenvalue weighted by molar-refractivity contribution is 7.21. The summed E-state index contributed by atoms with van der Waals surface area (Å²) in [4.78, 5) is 31.8. The highest BCUT2D eigenvalue weighted by atomic mass is 32.1. The van der Waals surface area contributed by atoms with E-state index in [1.807, 2.05) is 12.1 Å². The average molecular weight is 552 g/mol. The summed E-state index contributed by atoms with van der Waals surface area (Å²) in [5.41, 5.74) is 8.96. The molecule has 1 unspecified atom stereocenters. The number of aromatic nitrogens is 1. The van der Waals surface area contributed by atoms with Crippen LogP contribution in [0.3, 0.4) is 0 Å². The first-order valence-corrected chi connectivity index (χ1v) is 14.7. The van der Waals surface area contributed by atoms with E-state index in [4.69, 9.17) is 10.7 Å². The van der Waals surface area contributed by atoms with Crippen molar-refractivity contribution in [3.8, 4) is 0 Å². The summed E-state index contributed by atoms with van der Waals surface area (Å²) < 4.78 is 0. The lowest BCUT2D eigenvalue weighted by Gasteiger charge is -2.34. The predicted octanol–water partition coefficient (Wildman–Crippen LogP) is 3.96. The van der Waals surface area contributed by atoms with Gasteiger partial charge in [-0.2, -0.15) is 0 Å². The fourth-order valence-corrected chi connectivity index (χ4v) is 6.17. The lowest BCUT2D eigenvalue weighted by atomic mass is 10.0. The zero-order chi connectivity index (χ0) is 27.5. The molecular formula is C29H37N5O4S. The lowest BCUT2D eigenvalue weighted by molar-refractivity contribution is 0.0703. The van der Waals surface area contributed by atoms with E-state index in [9.17, 15) is 19.8 Å². The number of thiophene rings is 1. The molecule has 1 amide bonds. The Morgan fingerprint density at radius 1 is 1.18 bits per heavy atom. The van der Waals surface area contributed by atoms with E-state index >= 15 is 0 Å². The Hall–Kier alpha value is -3.21. The number of carbonyl (C=O) groups is 2. The number of carbonyl (C=O) groups excluding carboxylic acids is 1. The number of amides is 1. The van der Waals surface area contributed by atoms with Crippen LogP contribution in [0, 0.1) is 5.92 Å². The zero-order valence-corrected chi connectivity index (χ0v) is 23.1. The topological polar surface area (TPSA) is 141 Å². The maximum atomic E-state index is 12.3. The Balaban J connectivity index is 1.15. The van der Waals surface area contributed by atoms with Gasteiger partial charge in [-0.1, -0.05) is 25.5 Å². The van der Waals surface area contributed by atoms with E-state index in [0.717, 1.165) is 79.0 Å². The molecule has 2 aromatic heterocycles. The number of rotatable bonds is 11. The molecule has 6 N–H and O–H groups in total. The zero-order valence-electron chi connectivity index (χ0n) is 22.3. The van der Waals surface area contributed by atoms with Crippen LogP contribution in [-0.2, 0) is 6.42 Å². The number of carboxylic acids is 1. The summed E-state index contributed by atoms with van der Waals surface area (Å²) in [6.07, 6.45) is 5.30. The summed E-state index contributed by atoms with van der Waals surface area (Å²) in [6.45, 7) is 4.91. The number of benzene rings is 1. The fraction of sp³-hybridized carbons (Fsp3) is 0.483. The summed E-state index contributed by atoms with van der Waals surface area (Å²) in [7, 11) is 0. The van der Waals surface area contributed by atoms with Gasteiger partial charge in [-0.05, 0) is 67.3 Å². The normalized spacial score (nSPS) is 16.9. The van der Waals surface area contributed by atoms with Crippen LogP contribution in [0.5, 0.6) is 0 Å². The summed E-state index contributed by atoms with van der Waals surface area (Å²) in [5, 5.41) is 27.5. The average Bonchev–Trinajstić information content (AvgIpc) is 3.71. The molecule has 0 bridgehead atoms. The van der Waals surface area contributed by atoms with Gasteiger partial charge in [0, 0.05) is 43.2 Å². The van der Waals surface area contributed by atoms with Gasteiger partial charge < -0.3 is 31.5 Å². The Bertz CT molecular complexity index is 1330. The van der Waals surface area contributed by atoms with E-state index in [-0.39, 0.29) is 16.8 Å². The van der Waals surface area contributed by atoms with Crippen LogP contribution in [0.2, 0.25) is 0 Å². The van der Waals surface area contributed by atoms with Gasteiger partial charge in [0.25, 0.3) is 5.91 Å². The van der Waals surface area contributed by atoms with Crippen LogP contribution in [0.15, 0.2) is 30.3 Å². The smallest absolute Gasteiger partial charge is 0.348 e. The fourth-order valence-electron chi connectivity index (χ4n) is 5.20. The first kappa shape index (κ1) is 27.4. The second-order valence-corrected chi connectivity index (χ2v) is 11.7. The number of aliphatic hydroxyl groups is 1. The van der Waals surface area contributed by atoms with Gasteiger partial charge in [-0.25, -0.2) is 9.78 Å². The van der Waals surface area contributed by atoms with Crippen LogP contribution < -0.4 is 21.3 Å². The third-order valence-corrected chi connectivity index (χ3v) is 8.79. The van der Waals surface area contributed by atoms with Gasteiger partial charge in [-0.3, -0.25) is 4.79 Å². The standard InChI is InChI=1S/C29H37N5O4S/c1-2-3-20-14-23(33-28-24(20)25(30)26(39-28)29(37)38)34-12-10-21(11-13-34)31-16-22(35)18-6-8-19(9-7-18)27(36)32-15-17-4-5-17/h6-9,14,17,21-22,31,35H,2-5,10-13,15-16,30H2,1H3,(H,32,36)(H,37,38). The molecule has 3 aromatic rings. The van der Waals surface area contributed by atoms with Crippen LogP contribution in [0.1, 0.15) is 76.3 Å². The van der Waals surface area contributed by atoms with Gasteiger partial charge in [0.05, 0.1) is 11.8 Å². The molecule has 1 saturated carbocycles. The van der Waals surface area contributed by atoms with Crippen molar-refractivity contribution in [3.05, 3.63) is 51.9 Å². The third-order valence-electron chi connectivity index (χ3n) is 7.71. The molecule has 1 aromatic carbocycles. The molecule has 1 atom stereocenters. The van der Waals surface area contributed by atoms with Crippen molar-refractivity contribution in [1.82, 2.24) is 15.6 Å². The molecule has 39 heavy (non-hydrogen) atoms. The minimum atomic E-state index is -1.01. The number of nitrogens with two attached hydrogens (primary N) is 1. The molecule has 1 aliphatic carbocycles. The maximum Gasteiger partial charge on any atom is 0.348 e. The molecule has 10 heteroatoms. The van der Waals surface area contributed by atoms with Crippen LogP contribution >= 0.6 is 11.3 Å². The molecule has 3 heterocycles. The molecule has 2 aliphatic rings. The number of aliphatic hydroxyl groups excluding tert-OH is 1. The van der Waals surface area contributed by atoms with Crippen LogP contribution in [0.4, 0.5) is 11.5 Å². The number of aryl methyl sites for hydroxylation is 1. The Kier molecular flexibility index (Phi) is 8.34. The maximum absolute atomic E-state index is 12.3. The number of hydrogen-bond donors (Lipinski definition) is 5. The molecular weight excluding hydrogens is 514 g/mol. The number of nitrogens with zero attached hydrogens (tertiary/aromatic N) is 2. The Morgan fingerprint density at radius 2 is 1.90 bits per heavy atom. The molecule has 2 fully saturated rings. The van der Waals surface area contributed by atoms with E-state index in [1.54, 1.807) is 12.1 Å². The predicted molar refractivity (Wildman–Crippen MR) is 155 cm³/mol. The number of pyridine rings is 1. The highest BCUT2D eigenvalue weighted by Crippen LogP contribution is 2.37. The number of nitrogen functional groups attached to an aromatic ring is 1. The lowest BCUT2D eigenvalue weighted by Crippen LogP contribution is -2.44. The van der Waals surface area contributed by atoms with Gasteiger partial charge in [0.15, 0.2) is 0 Å². The largest absolute Gasteiger partial charge is 0.477 e. The molecule has 9 nitrogen and oxygen atoms in total. The molecule has 1 saturated heterocycles. The van der Waals surface area contributed by atoms with E-state index < -0.39 is 12.1 Å². The van der Waals surface area contributed by atoms with Crippen molar-refractivity contribution in [2.75, 3.05) is 36.8 Å². The third kappa shape index (κ3) is 6.34. The summed E-state index contributed by atoms with van der Waals surface area (Å²) in [6, 6.07) is 9.53. The van der Waals surface area contributed by atoms with Crippen molar-refractivity contribution in [2.45, 2.75) is 57.6 Å². The van der Waals surface area contributed by atoms with Crippen molar-refractivity contribution in [3.63, 3.8) is 0 Å². The Morgan fingerprint density at radius 3 is 2.54 bits per heavy atom. The molecule has 0 spiro atoms. The Labute approximate surface area is 232 Å². The molecule has 208 valence electrons. The summed E-state index contributed by atoms with van der Waals surface area (Å²) >= 11 is 1.14. The van der Waals surface area contributed by atoms with E-state index in [2.05, 4.69) is 28.5 Å². The van der Waals surface area contributed by atoms with Crippen molar-refractivity contribution in [2.24, 2.45) is 5.92 Å². The number of aromatic carboxylic acids is 1. The summed E-state index contributed by atoms with van der Waals surface area (Å²) in [5.74, 6) is 0.426. The minimum Gasteiger partial charge on any atom is -0.477 e. The van der Waals surface area contributed by atoms with Crippen LogP contribution in [0.25, 0.3) is 10.2 Å². The highest BCUT2D eigenvalue weighted by Gasteiger charge is 2.25. The van der Waals surface area contributed by atoms with E-state index in [0.29, 0.717) is 28.5 Å². The van der Waals surface area contributed by atoms with E-state index in [1.165, 1.54) is 12.8 Å². The first-order valence-electron chi connectivity index (χ1n) is 13.8. The molecule has 1 aliphatic heterocycles. The number of fused-ring (bicyclic) bond motifs is 1. The van der Waals surface area contributed by atoms with Gasteiger partial charge in [-0.15, -0.1) is 11.3 Å². The number of anilines is 2. The number of hydrogen-bond acceptors (Lipinski definition) is 8. The second-order valence-electron chi connectivity index (χ2n) is 10.7. The SMILES string of the molecule is CCCc1cc(N2CCC(NCC(O)c3ccc(C(=O)NCC4CC4)cc3)CC2)nc2sc(C(=O)O)c(N)c12. The monoisotopic (exact) mass is 551 g/mol. The van der Waals surface area contributed by atoms with Gasteiger partial charge in [0.1, 0.15) is 15.5 Å². The van der Waals surface area contributed by atoms with Crippen LogP contribution in [-0.4, -0.2) is 59.3 Å². The second kappa shape index (κ2) is 11.9. The first-order chi connectivity index (χ1) is 18.8. The number of carboxylic acid groups (broad SMARTS) is 1. The molecule has 0 radical (unpaired) electrons.